The van der Waals surface area contributed by atoms with Gasteiger partial charge in [0, 0.05) is 22.6 Å². The molecule has 11 heavy (non-hydrogen) atoms. The van der Waals surface area contributed by atoms with Crippen LogP contribution in [-0.4, -0.2) is 9.97 Å². The molecule has 1 aromatic heterocycles. The molecule has 0 saturated carbocycles. The quantitative estimate of drug-likeness (QED) is 0.578. The number of nitrogens with zero attached hydrogens (tertiary/aromatic N) is 2. The first-order valence-electron chi connectivity index (χ1n) is 2.63. The van der Waals surface area contributed by atoms with Crippen molar-refractivity contribution < 1.29 is 0 Å². The van der Waals surface area contributed by atoms with E-state index in [4.69, 9.17) is 17.3 Å². The number of nitrogens with two attached hydrogens (primary N) is 1. The highest BCUT2D eigenvalue weighted by Gasteiger charge is 1.98. The average molecular weight is 279 g/mol. The van der Waals surface area contributed by atoms with E-state index in [-0.39, 0.29) is 11.0 Å². The van der Waals surface area contributed by atoms with Crippen LogP contribution in [0.4, 0.5) is 5.82 Å². The van der Waals surface area contributed by atoms with Crippen molar-refractivity contribution in [3.05, 3.63) is 17.0 Å². The molecule has 0 aliphatic rings. The van der Waals surface area contributed by atoms with Gasteiger partial charge in [0.2, 0.25) is 0 Å². The molecule has 0 fully saturated rings. The van der Waals surface area contributed by atoms with Gasteiger partial charge in [-0.3, -0.25) is 0 Å². The maximum absolute atomic E-state index is 5.51. The van der Waals surface area contributed by atoms with E-state index in [2.05, 4.69) is 19.8 Å². The van der Waals surface area contributed by atoms with Crippen LogP contribution in [-0.2, 0) is 0 Å². The predicted molar refractivity (Wildman–Crippen MR) is 52.4 cm³/mol. The van der Waals surface area contributed by atoms with Crippen molar-refractivity contribution in [2.45, 2.75) is 0 Å². The van der Waals surface area contributed by atoms with Crippen molar-refractivity contribution in [3.8, 4) is 9.85 Å². The highest BCUT2D eigenvalue weighted by molar-refractivity contribution is 14.1. The molecule has 0 unspecified atom stereocenters. The Bertz CT molecular complexity index is 328. The molecule has 1 aromatic rings. The number of hydrogen-bond acceptors (Lipinski definition) is 3. The van der Waals surface area contributed by atoms with Crippen LogP contribution in [0.2, 0.25) is 5.15 Å². The lowest BCUT2D eigenvalue weighted by molar-refractivity contribution is 1.19. The van der Waals surface area contributed by atoms with Crippen molar-refractivity contribution in [2.75, 3.05) is 5.73 Å². The fourth-order valence-electron chi connectivity index (χ4n) is 0.522. The Morgan fingerprint density at radius 3 is 2.91 bits per heavy atom. The minimum atomic E-state index is 0.265. The summed E-state index contributed by atoms with van der Waals surface area (Å²) in [4.78, 5) is 7.64. The number of aromatic nitrogens is 2. The lowest BCUT2D eigenvalue weighted by Gasteiger charge is -1.94. The summed E-state index contributed by atoms with van der Waals surface area (Å²) in [6.07, 6.45) is 1.41. The van der Waals surface area contributed by atoms with Gasteiger partial charge >= 0.3 is 0 Å². The van der Waals surface area contributed by atoms with Crippen LogP contribution in [0.25, 0.3) is 0 Å². The molecule has 0 aliphatic heterocycles. The molecule has 1 heterocycles. The Kier molecular flexibility index (Phi) is 2.91. The van der Waals surface area contributed by atoms with Crippen LogP contribution in [0.1, 0.15) is 5.69 Å². The molecule has 56 valence electrons. The average Bonchev–Trinajstić information content (AvgIpc) is 1.95. The predicted octanol–water partition coefficient (Wildman–Crippen LogP) is 1.46. The molecular formula is C6H3ClIN3. The van der Waals surface area contributed by atoms with E-state index in [1.54, 1.807) is 0 Å². The third-order valence-corrected chi connectivity index (χ3v) is 1.39. The van der Waals surface area contributed by atoms with Crippen LogP contribution < -0.4 is 5.73 Å². The van der Waals surface area contributed by atoms with Gasteiger partial charge in [-0.1, -0.05) is 11.6 Å². The number of rotatable bonds is 0. The van der Waals surface area contributed by atoms with Gasteiger partial charge in [0.25, 0.3) is 0 Å². The van der Waals surface area contributed by atoms with Crippen LogP contribution in [0.5, 0.6) is 0 Å². The molecular weight excluding hydrogens is 276 g/mol. The molecule has 0 aromatic carbocycles. The molecule has 1 rings (SSSR count). The van der Waals surface area contributed by atoms with Gasteiger partial charge in [-0.05, 0) is 9.85 Å². The zero-order valence-electron chi connectivity index (χ0n) is 5.31. The van der Waals surface area contributed by atoms with Crippen molar-refractivity contribution in [1.82, 2.24) is 9.97 Å². The third kappa shape index (κ3) is 2.20. The fraction of sp³-hybridized carbons (Fsp3) is 0. The number of hydrogen-bond donors (Lipinski definition) is 1. The molecule has 2 N–H and O–H groups in total. The van der Waals surface area contributed by atoms with Gasteiger partial charge < -0.3 is 5.73 Å². The van der Waals surface area contributed by atoms with Gasteiger partial charge in [-0.2, -0.15) is 0 Å². The lowest BCUT2D eigenvalue weighted by atomic mass is 10.4. The first-order valence-corrected chi connectivity index (χ1v) is 4.09. The Morgan fingerprint density at radius 1 is 1.64 bits per heavy atom. The van der Waals surface area contributed by atoms with E-state index < -0.39 is 0 Å². The zero-order valence-corrected chi connectivity index (χ0v) is 8.22. The molecule has 0 bridgehead atoms. The van der Waals surface area contributed by atoms with Crippen molar-refractivity contribution in [3.63, 3.8) is 0 Å². The minimum Gasteiger partial charge on any atom is -0.381 e. The molecule has 0 spiro atoms. The second-order valence-corrected chi connectivity index (χ2v) is 2.57. The standard InChI is InChI=1S/C6H3ClIN3/c7-5-3-10-4(1-2-8)6(9)11-5/h3H,(H2,9,11). The van der Waals surface area contributed by atoms with Gasteiger partial charge in [0.1, 0.15) is 5.15 Å². The summed E-state index contributed by atoms with van der Waals surface area (Å²) in [6.45, 7) is 0. The largest absolute Gasteiger partial charge is 0.381 e. The van der Waals surface area contributed by atoms with Crippen molar-refractivity contribution in [1.29, 1.82) is 0 Å². The Labute approximate surface area is 82.5 Å². The van der Waals surface area contributed by atoms with E-state index in [1.807, 2.05) is 22.6 Å². The van der Waals surface area contributed by atoms with E-state index in [0.29, 0.717) is 5.69 Å². The molecule has 5 heteroatoms. The topological polar surface area (TPSA) is 51.8 Å². The monoisotopic (exact) mass is 279 g/mol. The summed E-state index contributed by atoms with van der Waals surface area (Å²) < 4.78 is 2.64. The van der Waals surface area contributed by atoms with Crippen LogP contribution >= 0.6 is 34.2 Å². The molecule has 3 nitrogen and oxygen atoms in total. The van der Waals surface area contributed by atoms with E-state index in [1.165, 1.54) is 6.20 Å². The van der Waals surface area contributed by atoms with E-state index in [0.717, 1.165) is 0 Å². The maximum atomic E-state index is 5.51. The van der Waals surface area contributed by atoms with Crippen LogP contribution in [0.15, 0.2) is 6.20 Å². The lowest BCUT2D eigenvalue weighted by Crippen LogP contribution is -1.96. The van der Waals surface area contributed by atoms with E-state index in [9.17, 15) is 0 Å². The zero-order chi connectivity index (χ0) is 8.27. The molecule has 0 radical (unpaired) electrons. The summed E-state index contributed by atoms with van der Waals surface area (Å²) in [6, 6.07) is 0. The summed E-state index contributed by atoms with van der Waals surface area (Å²) in [5.41, 5.74) is 5.91. The van der Waals surface area contributed by atoms with E-state index >= 15 is 0 Å². The minimum absolute atomic E-state index is 0.265. The summed E-state index contributed by atoms with van der Waals surface area (Å²) >= 11 is 7.41. The second kappa shape index (κ2) is 3.74. The van der Waals surface area contributed by atoms with Gasteiger partial charge in [-0.25, -0.2) is 9.97 Å². The SMILES string of the molecule is Nc1nc(Cl)cnc1C#CI. The van der Waals surface area contributed by atoms with Crippen molar-refractivity contribution in [2.24, 2.45) is 0 Å². The second-order valence-electron chi connectivity index (χ2n) is 1.65. The van der Waals surface area contributed by atoms with Gasteiger partial charge in [-0.15, -0.1) is 0 Å². The Morgan fingerprint density at radius 2 is 2.36 bits per heavy atom. The maximum Gasteiger partial charge on any atom is 0.159 e. The Hall–Kier alpha value is -0.540. The molecule has 0 aliphatic carbocycles. The first kappa shape index (κ1) is 8.56. The van der Waals surface area contributed by atoms with Crippen LogP contribution in [0.3, 0.4) is 0 Å². The van der Waals surface area contributed by atoms with Crippen molar-refractivity contribution >= 4 is 40.0 Å². The third-order valence-electron chi connectivity index (χ3n) is 0.936. The number of nitrogen functional groups attached to an aromatic ring is 1. The fourth-order valence-corrected chi connectivity index (χ4v) is 0.917. The first-order chi connectivity index (χ1) is 5.24. The molecule has 0 amide bonds. The molecule has 0 saturated heterocycles. The normalized spacial score (nSPS) is 8.55. The van der Waals surface area contributed by atoms with Gasteiger partial charge in [0.15, 0.2) is 11.5 Å². The summed E-state index contributed by atoms with van der Waals surface area (Å²) in [7, 11) is 0. The molecule has 0 atom stereocenters. The Balaban J connectivity index is 3.16. The highest BCUT2D eigenvalue weighted by atomic mass is 127. The number of anilines is 1. The smallest absolute Gasteiger partial charge is 0.159 e. The number of halogens is 2. The summed E-state index contributed by atoms with van der Waals surface area (Å²) in [5.74, 6) is 2.95. The summed E-state index contributed by atoms with van der Waals surface area (Å²) in [5, 5.41) is 0.279. The van der Waals surface area contributed by atoms with Gasteiger partial charge in [0.05, 0.1) is 6.20 Å². The highest BCUT2D eigenvalue weighted by Crippen LogP contribution is 2.08. The van der Waals surface area contributed by atoms with Crippen LogP contribution in [0, 0.1) is 9.85 Å².